The molecule has 5 atom stereocenters. The summed E-state index contributed by atoms with van der Waals surface area (Å²) in [7, 11) is -2.59. The molecule has 3 fully saturated rings. The predicted octanol–water partition coefficient (Wildman–Crippen LogP) is 6.22. The Bertz CT molecular complexity index is 2120. The Morgan fingerprint density at radius 3 is 2.46 bits per heavy atom. The molecule has 1 aromatic carbocycles. The highest BCUT2D eigenvalue weighted by atomic mass is 32.2. The molecule has 0 unspecified atom stereocenters. The van der Waals surface area contributed by atoms with Gasteiger partial charge in [0.2, 0.25) is 27.7 Å². The van der Waals surface area contributed by atoms with Gasteiger partial charge in [-0.1, -0.05) is 25.0 Å². The first kappa shape index (κ1) is 44.0. The average molecular weight is 851 g/mol. The second kappa shape index (κ2) is 16.4. The molecule has 4 aliphatic rings. The van der Waals surface area contributed by atoms with E-state index >= 15 is 0 Å². The molecule has 1 aromatic heterocycles. The number of hydrogen-bond donors (Lipinski definition) is 2. The van der Waals surface area contributed by atoms with Gasteiger partial charge in [0.15, 0.2) is 12.4 Å². The number of rotatable bonds is 9. The second-order valence-corrected chi connectivity index (χ2v) is 19.6. The van der Waals surface area contributed by atoms with E-state index < -0.39 is 86.4 Å². The third-order valence-corrected chi connectivity index (χ3v) is 13.7. The summed E-state index contributed by atoms with van der Waals surface area (Å²) in [5, 5.41) is 3.10. The first-order valence-electron chi connectivity index (χ1n) is 20.0. The summed E-state index contributed by atoms with van der Waals surface area (Å²) in [6.45, 7) is 6.50. The van der Waals surface area contributed by atoms with Crippen molar-refractivity contribution < 1.29 is 59.7 Å². The van der Waals surface area contributed by atoms with Gasteiger partial charge in [0.25, 0.3) is 0 Å². The highest BCUT2D eigenvalue weighted by molar-refractivity contribution is 7.91. The fraction of sp³-hybridized carbons (Fsp3) is 0.634. The normalized spacial score (nSPS) is 26.7. The summed E-state index contributed by atoms with van der Waals surface area (Å²) >= 11 is 0. The number of allylic oxidation sites excluding steroid dienone is 2. The lowest BCUT2D eigenvalue weighted by atomic mass is 9.91. The number of benzene rings is 1. The molecular weight excluding hydrogens is 798 g/mol. The number of carbonyl (C=O) groups is 4. The number of carbonyl (C=O) groups excluding carboxylic acids is 4. The number of alkyl halides is 3. The number of hydrogen-bond acceptors (Lipinski definition) is 11. The van der Waals surface area contributed by atoms with Crippen molar-refractivity contribution in [2.45, 2.75) is 134 Å². The van der Waals surface area contributed by atoms with Gasteiger partial charge in [0.05, 0.1) is 35.4 Å². The maximum absolute atomic E-state index is 14.6. The van der Waals surface area contributed by atoms with Gasteiger partial charge in [0, 0.05) is 29.9 Å². The molecule has 0 radical (unpaired) electrons. The zero-order chi connectivity index (χ0) is 43.1. The molecule has 0 bridgehead atoms. The monoisotopic (exact) mass is 850 g/mol. The molecule has 2 N–H and O–H groups in total. The molecule has 2 aliphatic carbocycles. The van der Waals surface area contributed by atoms with E-state index in [1.54, 1.807) is 46.8 Å². The lowest BCUT2D eigenvalue weighted by molar-refractivity contribution is -0.154. The molecule has 14 nitrogen and oxygen atoms in total. The first-order valence-corrected chi connectivity index (χ1v) is 21.4. The van der Waals surface area contributed by atoms with E-state index in [0.29, 0.717) is 48.8 Å². The van der Waals surface area contributed by atoms with E-state index in [0.717, 1.165) is 6.42 Å². The van der Waals surface area contributed by atoms with Crippen LogP contribution in [0.15, 0.2) is 30.4 Å². The number of nitrogens with zero attached hydrogens (tertiary/aromatic N) is 2. The molecule has 2 aliphatic heterocycles. The van der Waals surface area contributed by atoms with Crippen molar-refractivity contribution >= 4 is 44.6 Å². The Morgan fingerprint density at radius 2 is 1.80 bits per heavy atom. The molecule has 2 saturated carbocycles. The van der Waals surface area contributed by atoms with Gasteiger partial charge in [-0.2, -0.15) is 13.2 Å². The standard InChI is InChI=1S/C41H53F3N4O10S/c1-24-31(55-6)15-14-27-32(19-33(46-34(24)27)56-23-41(42,43)44)57-26-18-29-30(49)21-40(36(51)47-59(53,54)39(5)16-17-39)20-25(40)12-10-8-7-9-11-13-28(35(50)48(29)22-26)45-37(52)58-38(2,3)4/h10,12,14-15,19,25-26,28-29H,7-9,11,13,16-18,20-23H2,1-6H3,(H,45,52)(H,47,51)/b12-10-/t25-,26-,28+,29+,40-/m1/s1. The summed E-state index contributed by atoms with van der Waals surface area (Å²) in [4.78, 5) is 61.8. The van der Waals surface area contributed by atoms with Crippen LogP contribution in [0.5, 0.6) is 17.4 Å². The van der Waals surface area contributed by atoms with Crippen LogP contribution in [0.4, 0.5) is 18.0 Å². The third kappa shape index (κ3) is 10.1. The Balaban J connectivity index is 1.35. The maximum atomic E-state index is 14.6. The van der Waals surface area contributed by atoms with Crippen LogP contribution in [0.2, 0.25) is 0 Å². The summed E-state index contributed by atoms with van der Waals surface area (Å²) in [6, 6.07) is 2.21. The number of pyridine rings is 1. The van der Waals surface area contributed by atoms with Crippen molar-refractivity contribution in [1.82, 2.24) is 19.9 Å². The summed E-state index contributed by atoms with van der Waals surface area (Å²) in [5.41, 5.74) is -1.50. The Kier molecular flexibility index (Phi) is 12.3. The van der Waals surface area contributed by atoms with Crippen molar-refractivity contribution in [2.24, 2.45) is 11.3 Å². The van der Waals surface area contributed by atoms with Crippen LogP contribution in [-0.4, -0.2) is 97.0 Å². The molecular formula is C41H53F3N4O10S. The molecule has 3 heterocycles. The predicted molar refractivity (Wildman–Crippen MR) is 209 cm³/mol. The molecule has 59 heavy (non-hydrogen) atoms. The van der Waals surface area contributed by atoms with Crippen LogP contribution in [0.25, 0.3) is 10.9 Å². The fourth-order valence-electron chi connectivity index (χ4n) is 7.82. The second-order valence-electron chi connectivity index (χ2n) is 17.4. The van der Waals surface area contributed by atoms with Crippen LogP contribution >= 0.6 is 0 Å². The lowest BCUT2D eigenvalue weighted by Crippen LogP contribution is -2.53. The van der Waals surface area contributed by atoms with Crippen molar-refractivity contribution in [1.29, 1.82) is 0 Å². The van der Waals surface area contributed by atoms with Crippen LogP contribution in [0.1, 0.15) is 97.5 Å². The van der Waals surface area contributed by atoms with E-state index in [-0.39, 0.29) is 49.4 Å². The number of methoxy groups -OCH3 is 1. The van der Waals surface area contributed by atoms with Gasteiger partial charge in [-0.3, -0.25) is 19.1 Å². The number of ether oxygens (including phenoxy) is 4. The Hall–Kier alpha value is -4.61. The number of ketones is 1. The minimum Gasteiger partial charge on any atom is -0.496 e. The quantitative estimate of drug-likeness (QED) is 0.274. The summed E-state index contributed by atoms with van der Waals surface area (Å²) in [6.07, 6.45) is 0.829. The third-order valence-electron chi connectivity index (χ3n) is 11.6. The number of halogens is 3. The van der Waals surface area contributed by atoms with Gasteiger partial charge in [-0.05, 0) is 91.2 Å². The van der Waals surface area contributed by atoms with Gasteiger partial charge >= 0.3 is 12.3 Å². The fourth-order valence-corrected chi connectivity index (χ4v) is 9.16. The van der Waals surface area contributed by atoms with Crippen molar-refractivity contribution in [3.05, 3.63) is 35.9 Å². The minimum atomic E-state index is -4.66. The highest BCUT2D eigenvalue weighted by Crippen LogP contribution is 2.57. The molecule has 2 aromatic rings. The Labute approximate surface area is 342 Å². The van der Waals surface area contributed by atoms with Crippen LogP contribution in [0.3, 0.4) is 0 Å². The summed E-state index contributed by atoms with van der Waals surface area (Å²) < 4.78 is 89.7. The number of aromatic nitrogens is 1. The van der Waals surface area contributed by atoms with Crippen molar-refractivity contribution in [3.63, 3.8) is 0 Å². The van der Waals surface area contributed by atoms with Crippen molar-refractivity contribution in [3.8, 4) is 17.4 Å². The van der Waals surface area contributed by atoms with E-state index in [9.17, 15) is 40.8 Å². The topological polar surface area (TPSA) is 180 Å². The lowest BCUT2D eigenvalue weighted by Gasteiger charge is -2.30. The molecule has 6 rings (SSSR count). The molecule has 324 valence electrons. The largest absolute Gasteiger partial charge is 0.496 e. The van der Waals surface area contributed by atoms with Crippen LogP contribution in [0, 0.1) is 18.3 Å². The van der Waals surface area contributed by atoms with E-state index in [1.165, 1.54) is 18.1 Å². The van der Waals surface area contributed by atoms with Gasteiger partial charge in [-0.25, -0.2) is 18.2 Å². The Morgan fingerprint density at radius 1 is 1.07 bits per heavy atom. The molecule has 18 heteroatoms. The van der Waals surface area contributed by atoms with Gasteiger partial charge in [-0.15, -0.1) is 0 Å². The number of alkyl carbamates (subject to hydrolysis) is 1. The molecule has 0 spiro atoms. The van der Waals surface area contributed by atoms with Crippen LogP contribution < -0.4 is 24.2 Å². The average Bonchev–Trinajstić information content (AvgIpc) is 4.02. The zero-order valence-corrected chi connectivity index (χ0v) is 35.0. The van der Waals surface area contributed by atoms with Gasteiger partial charge in [0.1, 0.15) is 29.2 Å². The number of amides is 3. The van der Waals surface area contributed by atoms with E-state index in [4.69, 9.17) is 18.9 Å². The highest BCUT2D eigenvalue weighted by Gasteiger charge is 2.62. The maximum Gasteiger partial charge on any atom is 0.422 e. The summed E-state index contributed by atoms with van der Waals surface area (Å²) in [5.74, 6) is -2.16. The van der Waals surface area contributed by atoms with Crippen molar-refractivity contribution in [2.75, 3.05) is 20.3 Å². The SMILES string of the molecule is COc1ccc2c(O[C@@H]3C[C@H]4C(=O)C[C@]5(C(=O)NS(=O)(=O)C6(C)CC6)C[C@H]5/C=C\CCCCC[C@H](NC(=O)OC(C)(C)C)C(=O)N4C3)cc(OCC(F)(F)F)nc2c1C. The number of fused-ring (bicyclic) bond motifs is 3. The smallest absolute Gasteiger partial charge is 0.422 e. The molecule has 1 saturated heterocycles. The first-order chi connectivity index (χ1) is 27.5. The van der Waals surface area contributed by atoms with E-state index in [2.05, 4.69) is 15.0 Å². The number of nitrogens with one attached hydrogen (secondary N) is 2. The van der Waals surface area contributed by atoms with Gasteiger partial charge < -0.3 is 29.2 Å². The number of aryl methyl sites for hydroxylation is 1. The van der Waals surface area contributed by atoms with Crippen LogP contribution in [-0.2, 0) is 29.1 Å². The molecule has 3 amide bonds. The van der Waals surface area contributed by atoms with E-state index in [1.807, 2.05) is 12.2 Å². The number of Topliss-reactive ketones (excluding diaryl/α,β-unsaturated/α-hetero) is 1. The zero-order valence-electron chi connectivity index (χ0n) is 34.2. The minimum absolute atomic E-state index is 0.0796. The number of sulfonamides is 1.